The first-order valence-electron chi connectivity index (χ1n) is 21.1. The van der Waals surface area contributed by atoms with Crippen LogP contribution in [-0.4, -0.2) is 9.13 Å². The maximum Gasteiger partial charge on any atom is 0.0555 e. The lowest BCUT2D eigenvalue weighted by Gasteiger charge is -2.28. The van der Waals surface area contributed by atoms with Gasteiger partial charge in [-0.2, -0.15) is 0 Å². The highest BCUT2D eigenvalue weighted by Gasteiger charge is 2.37. The Hall–Kier alpha value is -7.40. The summed E-state index contributed by atoms with van der Waals surface area (Å²) in [5, 5.41) is 7.86. The number of hydrogen-bond donors (Lipinski definition) is 0. The van der Waals surface area contributed by atoms with E-state index in [-0.39, 0.29) is 5.41 Å². The van der Waals surface area contributed by atoms with Crippen LogP contribution in [0.25, 0.3) is 86.3 Å². The number of rotatable bonds is 5. The predicted molar refractivity (Wildman–Crippen MR) is 260 cm³/mol. The van der Waals surface area contributed by atoms with Gasteiger partial charge in [-0.25, -0.2) is 0 Å². The number of fused-ring (bicyclic) bond motifs is 14. The highest BCUT2D eigenvalue weighted by Crippen LogP contribution is 2.52. The molecule has 0 bridgehead atoms. The largest absolute Gasteiger partial charge is 0.310 e. The van der Waals surface area contributed by atoms with Crippen LogP contribution in [0.2, 0.25) is 0 Å². The van der Waals surface area contributed by atoms with Crippen LogP contribution in [0.5, 0.6) is 0 Å². The zero-order valence-corrected chi connectivity index (χ0v) is 34.6. The highest BCUT2D eigenvalue weighted by molar-refractivity contribution is 7.27. The lowest BCUT2D eigenvalue weighted by atomic mass is 9.82. The van der Waals surface area contributed by atoms with Gasteiger partial charge in [-0.15, -0.1) is 11.3 Å². The van der Waals surface area contributed by atoms with Crippen LogP contribution in [0.4, 0.5) is 17.1 Å². The van der Waals surface area contributed by atoms with E-state index in [0.29, 0.717) is 0 Å². The summed E-state index contributed by atoms with van der Waals surface area (Å²) in [5.41, 5.74) is 15.9. The van der Waals surface area contributed by atoms with Gasteiger partial charge in [0.15, 0.2) is 0 Å². The summed E-state index contributed by atoms with van der Waals surface area (Å²) in [4.78, 5) is 2.37. The molecular formula is C57H39N3S. The van der Waals surface area contributed by atoms with E-state index in [1.807, 2.05) is 11.3 Å². The molecule has 288 valence electrons. The molecule has 0 atom stereocenters. The summed E-state index contributed by atoms with van der Waals surface area (Å²) in [6, 6.07) is 73.6. The van der Waals surface area contributed by atoms with E-state index >= 15 is 0 Å². The van der Waals surface area contributed by atoms with Gasteiger partial charge in [-0.05, 0) is 107 Å². The Morgan fingerprint density at radius 3 is 1.43 bits per heavy atom. The van der Waals surface area contributed by atoms with E-state index in [1.165, 1.54) is 97.4 Å². The lowest BCUT2D eigenvalue weighted by molar-refractivity contribution is 0.660. The van der Waals surface area contributed by atoms with Crippen molar-refractivity contribution < 1.29 is 0 Å². The molecule has 3 aromatic heterocycles. The first-order chi connectivity index (χ1) is 30.0. The average molecular weight is 798 g/mol. The third-order valence-corrected chi connectivity index (χ3v) is 14.5. The molecule has 0 saturated heterocycles. The van der Waals surface area contributed by atoms with Crippen LogP contribution in [0.15, 0.2) is 200 Å². The zero-order valence-electron chi connectivity index (χ0n) is 33.8. The van der Waals surface area contributed by atoms with Gasteiger partial charge in [0.05, 0.1) is 22.1 Å². The second kappa shape index (κ2) is 12.8. The summed E-state index contributed by atoms with van der Waals surface area (Å²) >= 11 is 1.95. The van der Waals surface area contributed by atoms with Gasteiger partial charge in [0, 0.05) is 75.6 Å². The molecule has 3 nitrogen and oxygen atoms in total. The van der Waals surface area contributed by atoms with Crippen molar-refractivity contribution in [3.63, 3.8) is 0 Å². The Bertz CT molecular complexity index is 3680. The number of thiophene rings is 1. The standard InChI is InChI=1S/C57H39N3S/c1-57(2)47-34-39(58(36-16-6-3-7-17-36)37-18-8-4-9-19-37)26-28-41(47)42-29-27-40(35-48(42)57)60-50-25-15-13-23-46(50)54-52(60)33-31-44-43-30-32-51-53(55(43)61-56(44)54)45-22-12-14-24-49(45)59(51)38-20-10-5-11-21-38/h3-35H,1-2H3. The topological polar surface area (TPSA) is 13.1 Å². The number of anilines is 3. The van der Waals surface area contributed by atoms with Gasteiger partial charge in [0.2, 0.25) is 0 Å². The summed E-state index contributed by atoms with van der Waals surface area (Å²) in [6.45, 7) is 4.78. The fourth-order valence-corrected chi connectivity index (χ4v) is 11.9. The first-order valence-corrected chi connectivity index (χ1v) is 21.9. The molecule has 4 heteroatoms. The molecular weight excluding hydrogens is 759 g/mol. The Morgan fingerprint density at radius 1 is 0.377 bits per heavy atom. The molecule has 0 N–H and O–H groups in total. The molecule has 12 aromatic rings. The molecule has 13 rings (SSSR count). The fourth-order valence-electron chi connectivity index (χ4n) is 10.5. The number of aromatic nitrogens is 2. The Kier molecular flexibility index (Phi) is 7.23. The van der Waals surface area contributed by atoms with E-state index in [9.17, 15) is 0 Å². The van der Waals surface area contributed by atoms with Crippen molar-refractivity contribution in [3.05, 3.63) is 211 Å². The minimum Gasteiger partial charge on any atom is -0.310 e. The molecule has 0 fully saturated rings. The second-order valence-electron chi connectivity index (χ2n) is 16.9. The van der Waals surface area contributed by atoms with Crippen LogP contribution in [0.1, 0.15) is 25.0 Å². The molecule has 1 aliphatic carbocycles. The minimum absolute atomic E-state index is 0.211. The third kappa shape index (κ3) is 4.85. The van der Waals surface area contributed by atoms with Crippen molar-refractivity contribution in [1.82, 2.24) is 9.13 Å². The van der Waals surface area contributed by atoms with Crippen LogP contribution in [-0.2, 0) is 5.41 Å². The number of benzene rings is 9. The van der Waals surface area contributed by atoms with Gasteiger partial charge in [0.25, 0.3) is 0 Å². The maximum absolute atomic E-state index is 2.50. The Labute approximate surface area is 357 Å². The predicted octanol–water partition coefficient (Wildman–Crippen LogP) is 16.0. The van der Waals surface area contributed by atoms with E-state index in [2.05, 4.69) is 228 Å². The quantitative estimate of drug-likeness (QED) is 0.169. The summed E-state index contributed by atoms with van der Waals surface area (Å²) in [5.74, 6) is 0. The van der Waals surface area contributed by atoms with Crippen LogP contribution < -0.4 is 4.90 Å². The monoisotopic (exact) mass is 797 g/mol. The van der Waals surface area contributed by atoms with Crippen molar-refractivity contribution in [2.24, 2.45) is 0 Å². The smallest absolute Gasteiger partial charge is 0.0555 e. The Balaban J connectivity index is 0.990. The highest BCUT2D eigenvalue weighted by atomic mass is 32.1. The van der Waals surface area contributed by atoms with Crippen molar-refractivity contribution >= 4 is 92.2 Å². The molecule has 3 heterocycles. The zero-order chi connectivity index (χ0) is 40.4. The Morgan fingerprint density at radius 2 is 0.852 bits per heavy atom. The van der Waals surface area contributed by atoms with Gasteiger partial charge in [-0.1, -0.05) is 129 Å². The van der Waals surface area contributed by atoms with Gasteiger partial charge >= 0.3 is 0 Å². The molecule has 0 amide bonds. The minimum atomic E-state index is -0.211. The second-order valence-corrected chi connectivity index (χ2v) is 17.9. The maximum atomic E-state index is 2.50. The molecule has 0 spiro atoms. The number of nitrogens with zero attached hydrogens (tertiary/aromatic N) is 3. The van der Waals surface area contributed by atoms with Crippen molar-refractivity contribution in [2.75, 3.05) is 4.90 Å². The van der Waals surface area contributed by atoms with Crippen molar-refractivity contribution in [3.8, 4) is 22.5 Å². The molecule has 0 radical (unpaired) electrons. The number of para-hydroxylation sites is 5. The summed E-state index contributed by atoms with van der Waals surface area (Å²) in [7, 11) is 0. The molecule has 0 unspecified atom stereocenters. The van der Waals surface area contributed by atoms with Crippen LogP contribution in [0.3, 0.4) is 0 Å². The van der Waals surface area contributed by atoms with Crippen LogP contribution in [0, 0.1) is 0 Å². The number of hydrogen-bond acceptors (Lipinski definition) is 2. The fraction of sp³-hybridized carbons (Fsp3) is 0.0526. The summed E-state index contributed by atoms with van der Waals surface area (Å²) in [6.07, 6.45) is 0. The lowest BCUT2D eigenvalue weighted by Crippen LogP contribution is -2.17. The first kappa shape index (κ1) is 34.5. The van der Waals surface area contributed by atoms with E-state index in [1.54, 1.807) is 0 Å². The van der Waals surface area contributed by atoms with Gasteiger partial charge < -0.3 is 14.0 Å². The van der Waals surface area contributed by atoms with E-state index in [0.717, 1.165) is 17.1 Å². The SMILES string of the molecule is CC1(C)c2cc(N(c3ccccc3)c3ccccc3)ccc2-c2ccc(-n3c4ccccc4c4c5sc6c(ccc7c6c6ccccc6n7-c6ccccc6)c5ccc43)cc21. The normalized spacial score (nSPS) is 13.2. The van der Waals surface area contributed by atoms with Gasteiger partial charge in [-0.3, -0.25) is 0 Å². The van der Waals surface area contributed by atoms with E-state index in [4.69, 9.17) is 0 Å². The molecule has 0 aliphatic heterocycles. The van der Waals surface area contributed by atoms with E-state index < -0.39 is 0 Å². The van der Waals surface area contributed by atoms with Gasteiger partial charge in [0.1, 0.15) is 0 Å². The molecule has 1 aliphatic rings. The van der Waals surface area contributed by atoms with Crippen molar-refractivity contribution in [1.29, 1.82) is 0 Å². The summed E-state index contributed by atoms with van der Waals surface area (Å²) < 4.78 is 7.61. The average Bonchev–Trinajstić information content (AvgIpc) is 4.02. The third-order valence-electron chi connectivity index (χ3n) is 13.3. The van der Waals surface area contributed by atoms with Crippen LogP contribution >= 0.6 is 11.3 Å². The van der Waals surface area contributed by atoms with Crippen molar-refractivity contribution in [2.45, 2.75) is 19.3 Å². The molecule has 61 heavy (non-hydrogen) atoms. The molecule has 0 saturated carbocycles. The molecule has 9 aromatic carbocycles.